The molecule has 94 valence electrons. The van der Waals surface area contributed by atoms with Gasteiger partial charge in [0.25, 0.3) is 5.69 Å². The summed E-state index contributed by atoms with van der Waals surface area (Å²) >= 11 is 0. The van der Waals surface area contributed by atoms with E-state index in [2.05, 4.69) is 10.3 Å². The van der Waals surface area contributed by atoms with Gasteiger partial charge in [0.15, 0.2) is 0 Å². The minimum Gasteiger partial charge on any atom is -0.379 e. The van der Waals surface area contributed by atoms with Gasteiger partial charge in [0.2, 0.25) is 0 Å². The van der Waals surface area contributed by atoms with Crippen LogP contribution in [-0.2, 0) is 6.54 Å². The molecule has 1 aromatic heterocycles. The van der Waals surface area contributed by atoms with E-state index in [1.165, 1.54) is 12.1 Å². The van der Waals surface area contributed by atoms with Crippen LogP contribution >= 0.6 is 0 Å². The number of pyridine rings is 1. The lowest BCUT2D eigenvalue weighted by Gasteiger charge is -2.06. The van der Waals surface area contributed by atoms with E-state index in [0.717, 1.165) is 5.69 Å². The number of nitro groups is 1. The average Bonchev–Trinajstić information content (AvgIpc) is 2.45. The van der Waals surface area contributed by atoms with Crippen LogP contribution in [0, 0.1) is 21.4 Å². The van der Waals surface area contributed by atoms with Crippen LogP contribution < -0.4 is 5.32 Å². The quantitative estimate of drug-likeness (QED) is 0.668. The molecule has 0 radical (unpaired) electrons. The van der Waals surface area contributed by atoms with Crippen molar-refractivity contribution < 1.29 is 4.92 Å². The van der Waals surface area contributed by atoms with Gasteiger partial charge < -0.3 is 5.32 Å². The summed E-state index contributed by atoms with van der Waals surface area (Å²) in [7, 11) is 0. The number of hydrogen-bond acceptors (Lipinski definition) is 5. The number of hydrogen-bond donors (Lipinski definition) is 1. The summed E-state index contributed by atoms with van der Waals surface area (Å²) < 4.78 is 0. The molecule has 0 saturated carbocycles. The molecule has 0 amide bonds. The van der Waals surface area contributed by atoms with Gasteiger partial charge in [0, 0.05) is 18.0 Å². The van der Waals surface area contributed by atoms with Crippen LogP contribution in [0.4, 0.5) is 11.4 Å². The fourth-order valence-corrected chi connectivity index (χ4v) is 1.59. The molecular weight excluding hydrogens is 244 g/mol. The van der Waals surface area contributed by atoms with Crippen LogP contribution in [0.3, 0.4) is 0 Å². The molecule has 1 N–H and O–H groups in total. The monoisotopic (exact) mass is 254 g/mol. The molecule has 6 heteroatoms. The molecule has 2 aromatic rings. The topological polar surface area (TPSA) is 91.8 Å². The predicted molar refractivity (Wildman–Crippen MR) is 69.4 cm³/mol. The van der Waals surface area contributed by atoms with Crippen molar-refractivity contribution in [3.63, 3.8) is 0 Å². The Morgan fingerprint density at radius 3 is 2.84 bits per heavy atom. The normalized spacial score (nSPS) is 9.63. The van der Waals surface area contributed by atoms with Gasteiger partial charge in [-0.2, -0.15) is 5.26 Å². The summed E-state index contributed by atoms with van der Waals surface area (Å²) in [5, 5.41) is 22.6. The van der Waals surface area contributed by atoms with E-state index in [9.17, 15) is 10.1 Å². The van der Waals surface area contributed by atoms with Crippen molar-refractivity contribution >= 4 is 11.4 Å². The highest BCUT2D eigenvalue weighted by molar-refractivity contribution is 5.58. The summed E-state index contributed by atoms with van der Waals surface area (Å²) in [4.78, 5) is 14.3. The van der Waals surface area contributed by atoms with Crippen LogP contribution in [0.2, 0.25) is 0 Å². The van der Waals surface area contributed by atoms with Gasteiger partial charge in [-0.15, -0.1) is 0 Å². The SMILES string of the molecule is N#Cc1cc(NCc2ccccn2)ccc1[N+](=O)[O-]. The van der Waals surface area contributed by atoms with E-state index < -0.39 is 4.92 Å². The molecule has 0 aliphatic heterocycles. The first-order chi connectivity index (χ1) is 9.20. The summed E-state index contributed by atoms with van der Waals surface area (Å²) in [5.74, 6) is 0. The van der Waals surface area contributed by atoms with Gasteiger partial charge in [-0.25, -0.2) is 0 Å². The van der Waals surface area contributed by atoms with Crippen LogP contribution in [-0.4, -0.2) is 9.91 Å². The number of rotatable bonds is 4. The van der Waals surface area contributed by atoms with E-state index in [0.29, 0.717) is 12.2 Å². The molecule has 0 unspecified atom stereocenters. The molecule has 0 saturated heterocycles. The van der Waals surface area contributed by atoms with Gasteiger partial charge in [0.05, 0.1) is 17.2 Å². The molecule has 1 aromatic carbocycles. The zero-order valence-electron chi connectivity index (χ0n) is 9.91. The molecule has 19 heavy (non-hydrogen) atoms. The standard InChI is InChI=1S/C13H10N4O2/c14-8-10-7-11(4-5-13(10)17(18)19)16-9-12-3-1-2-6-15-12/h1-7,16H,9H2. The molecule has 0 atom stereocenters. The van der Waals surface area contributed by atoms with Crippen molar-refractivity contribution in [3.05, 3.63) is 64.0 Å². The van der Waals surface area contributed by atoms with Crippen molar-refractivity contribution in [2.75, 3.05) is 5.32 Å². The summed E-state index contributed by atoms with van der Waals surface area (Å²) in [6, 6.07) is 11.7. The van der Waals surface area contributed by atoms with E-state index in [4.69, 9.17) is 5.26 Å². The molecule has 0 bridgehead atoms. The first-order valence-electron chi connectivity index (χ1n) is 5.53. The summed E-state index contributed by atoms with van der Waals surface area (Å²) in [6.07, 6.45) is 1.69. The second-order valence-electron chi connectivity index (χ2n) is 3.78. The molecular formula is C13H10N4O2. The maximum Gasteiger partial charge on any atom is 0.287 e. The number of nitrogens with zero attached hydrogens (tertiary/aromatic N) is 3. The van der Waals surface area contributed by atoms with Crippen molar-refractivity contribution in [1.82, 2.24) is 4.98 Å². The number of benzene rings is 1. The molecule has 0 fully saturated rings. The Balaban J connectivity index is 2.14. The van der Waals surface area contributed by atoms with E-state index in [1.807, 2.05) is 24.3 Å². The Hall–Kier alpha value is -2.94. The maximum atomic E-state index is 10.7. The predicted octanol–water partition coefficient (Wildman–Crippen LogP) is 2.47. The third kappa shape index (κ3) is 3.04. The summed E-state index contributed by atoms with van der Waals surface area (Å²) in [6.45, 7) is 0.490. The lowest BCUT2D eigenvalue weighted by atomic mass is 10.1. The molecule has 0 aliphatic rings. The number of nitro benzene ring substituents is 1. The number of anilines is 1. The third-order valence-corrected chi connectivity index (χ3v) is 2.51. The maximum absolute atomic E-state index is 10.7. The molecule has 0 aliphatic carbocycles. The fraction of sp³-hybridized carbons (Fsp3) is 0.0769. The van der Waals surface area contributed by atoms with Crippen molar-refractivity contribution in [3.8, 4) is 6.07 Å². The molecule has 0 spiro atoms. The Morgan fingerprint density at radius 1 is 1.37 bits per heavy atom. The molecule has 6 nitrogen and oxygen atoms in total. The lowest BCUT2D eigenvalue weighted by Crippen LogP contribution is -2.02. The minimum atomic E-state index is -0.568. The van der Waals surface area contributed by atoms with E-state index >= 15 is 0 Å². The average molecular weight is 254 g/mol. The smallest absolute Gasteiger partial charge is 0.287 e. The zero-order chi connectivity index (χ0) is 13.7. The first-order valence-corrected chi connectivity index (χ1v) is 5.53. The second kappa shape index (κ2) is 5.60. The number of nitriles is 1. The molecule has 1 heterocycles. The lowest BCUT2D eigenvalue weighted by molar-refractivity contribution is -0.385. The molecule has 2 rings (SSSR count). The van der Waals surface area contributed by atoms with Gasteiger partial charge in [-0.1, -0.05) is 6.07 Å². The third-order valence-electron chi connectivity index (χ3n) is 2.51. The highest BCUT2D eigenvalue weighted by atomic mass is 16.6. The second-order valence-corrected chi connectivity index (χ2v) is 3.78. The Labute approximate surface area is 109 Å². The highest BCUT2D eigenvalue weighted by Crippen LogP contribution is 2.22. The van der Waals surface area contributed by atoms with Crippen molar-refractivity contribution in [2.24, 2.45) is 0 Å². The van der Waals surface area contributed by atoms with Crippen LogP contribution in [0.1, 0.15) is 11.3 Å². The van der Waals surface area contributed by atoms with Crippen LogP contribution in [0.5, 0.6) is 0 Å². The van der Waals surface area contributed by atoms with Crippen LogP contribution in [0.15, 0.2) is 42.6 Å². The van der Waals surface area contributed by atoms with Crippen molar-refractivity contribution in [2.45, 2.75) is 6.54 Å². The van der Waals surface area contributed by atoms with Gasteiger partial charge in [-0.3, -0.25) is 15.1 Å². The number of nitrogens with one attached hydrogen (secondary N) is 1. The Bertz CT molecular complexity index is 635. The van der Waals surface area contributed by atoms with E-state index in [1.54, 1.807) is 12.3 Å². The van der Waals surface area contributed by atoms with Crippen molar-refractivity contribution in [1.29, 1.82) is 5.26 Å². The zero-order valence-corrected chi connectivity index (χ0v) is 9.91. The van der Waals surface area contributed by atoms with Gasteiger partial charge in [-0.05, 0) is 24.3 Å². The van der Waals surface area contributed by atoms with Gasteiger partial charge >= 0.3 is 0 Å². The van der Waals surface area contributed by atoms with Crippen LogP contribution in [0.25, 0.3) is 0 Å². The minimum absolute atomic E-state index is 0.0380. The fourth-order valence-electron chi connectivity index (χ4n) is 1.59. The van der Waals surface area contributed by atoms with E-state index in [-0.39, 0.29) is 11.3 Å². The first kappa shape index (κ1) is 12.5. The highest BCUT2D eigenvalue weighted by Gasteiger charge is 2.13. The Kier molecular flexibility index (Phi) is 3.69. The summed E-state index contributed by atoms with van der Waals surface area (Å²) in [5.41, 5.74) is 1.34. The number of aromatic nitrogens is 1. The van der Waals surface area contributed by atoms with Gasteiger partial charge in [0.1, 0.15) is 11.6 Å². The Morgan fingerprint density at radius 2 is 2.21 bits per heavy atom. The largest absolute Gasteiger partial charge is 0.379 e.